The van der Waals surface area contributed by atoms with Gasteiger partial charge in [-0.2, -0.15) is 0 Å². The highest BCUT2D eigenvalue weighted by Crippen LogP contribution is 2.65. The van der Waals surface area contributed by atoms with Crippen molar-refractivity contribution in [1.29, 1.82) is 0 Å². The highest BCUT2D eigenvalue weighted by Gasteiger charge is 2.58. The van der Waals surface area contributed by atoms with Gasteiger partial charge in [-0.05, 0) is 67.9 Å². The summed E-state index contributed by atoms with van der Waals surface area (Å²) in [4.78, 5) is 39.3. The molecule has 2 N–H and O–H groups in total. The highest BCUT2D eigenvalue weighted by molar-refractivity contribution is 9.10. The molecule has 26 heavy (non-hydrogen) atoms. The van der Waals surface area contributed by atoms with Gasteiger partial charge in [0.15, 0.2) is 0 Å². The molecular formula is C20H21BrN2O3. The fraction of sp³-hybridized carbons (Fsp3) is 0.550. The average Bonchev–Trinajstić information content (AvgIpc) is 2.76. The second kappa shape index (κ2) is 5.18. The molecule has 4 aliphatic carbocycles. The van der Waals surface area contributed by atoms with E-state index in [-0.39, 0.29) is 38.9 Å². The molecule has 4 bridgehead atoms. The molecule has 3 amide bonds. The Balaban J connectivity index is 1.43. The molecule has 0 saturated heterocycles. The van der Waals surface area contributed by atoms with E-state index >= 15 is 0 Å². The number of hydrogen-bond acceptors (Lipinski definition) is 4. The minimum absolute atomic E-state index is 0.0778. The summed E-state index contributed by atoms with van der Waals surface area (Å²) in [6, 6.07) is 4.80. The van der Waals surface area contributed by atoms with E-state index < -0.39 is 11.8 Å². The number of alkyl halides is 1. The number of nitrogen functional groups attached to an aromatic ring is 1. The quantitative estimate of drug-likeness (QED) is 0.454. The van der Waals surface area contributed by atoms with Crippen LogP contribution in [0, 0.1) is 17.3 Å². The Morgan fingerprint density at radius 1 is 1.15 bits per heavy atom. The molecule has 6 heteroatoms. The zero-order chi connectivity index (χ0) is 18.3. The third-order valence-corrected chi connectivity index (χ3v) is 7.76. The Labute approximate surface area is 160 Å². The molecule has 1 aromatic carbocycles. The number of carbonyl (C=O) groups excluding carboxylic acids is 3. The van der Waals surface area contributed by atoms with Crippen LogP contribution in [0.4, 0.5) is 5.69 Å². The molecule has 5 nitrogen and oxygen atoms in total. The minimum atomic E-state index is -0.564. The van der Waals surface area contributed by atoms with Gasteiger partial charge in [0, 0.05) is 16.4 Å². The summed E-state index contributed by atoms with van der Waals surface area (Å²) in [7, 11) is 0. The van der Waals surface area contributed by atoms with Gasteiger partial charge >= 0.3 is 0 Å². The summed E-state index contributed by atoms with van der Waals surface area (Å²) in [6.07, 6.45) is 6.93. The van der Waals surface area contributed by atoms with Crippen LogP contribution in [0.5, 0.6) is 0 Å². The molecule has 4 saturated carbocycles. The standard InChI is InChI=1S/C20H21BrN2O3/c21-20-7-11-4-12(8-20)6-19(5-11,10-20)9-15(24)23-17(25)13-2-1-3-14(22)16(13)18(23)26/h1-3,11-12H,4-10,22H2. The smallest absolute Gasteiger partial charge is 0.270 e. The molecule has 136 valence electrons. The van der Waals surface area contributed by atoms with Gasteiger partial charge in [0.1, 0.15) is 0 Å². The number of rotatable bonds is 2. The van der Waals surface area contributed by atoms with E-state index in [1.54, 1.807) is 18.2 Å². The normalized spacial score (nSPS) is 37.3. The van der Waals surface area contributed by atoms with Crippen molar-refractivity contribution >= 4 is 39.3 Å². The van der Waals surface area contributed by atoms with Gasteiger partial charge in [-0.3, -0.25) is 14.4 Å². The van der Waals surface area contributed by atoms with Gasteiger partial charge < -0.3 is 5.73 Å². The zero-order valence-corrected chi connectivity index (χ0v) is 16.0. The van der Waals surface area contributed by atoms with E-state index in [9.17, 15) is 14.4 Å². The Morgan fingerprint density at radius 3 is 2.46 bits per heavy atom. The number of hydrogen-bond donors (Lipinski definition) is 1. The molecule has 0 aromatic heterocycles. The Kier molecular flexibility index (Phi) is 3.29. The summed E-state index contributed by atoms with van der Waals surface area (Å²) in [5.41, 5.74) is 6.47. The Morgan fingerprint density at radius 2 is 1.85 bits per heavy atom. The summed E-state index contributed by atoms with van der Waals surface area (Å²) >= 11 is 3.95. The number of amides is 3. The lowest BCUT2D eigenvalue weighted by Gasteiger charge is -2.60. The van der Waals surface area contributed by atoms with Crippen molar-refractivity contribution in [3.63, 3.8) is 0 Å². The molecule has 2 unspecified atom stereocenters. The van der Waals surface area contributed by atoms with Crippen molar-refractivity contribution in [3.8, 4) is 0 Å². The molecule has 0 radical (unpaired) electrons. The molecule has 6 rings (SSSR count). The predicted molar refractivity (Wildman–Crippen MR) is 99.8 cm³/mol. The Hall–Kier alpha value is -1.69. The minimum Gasteiger partial charge on any atom is -0.398 e. The van der Waals surface area contributed by atoms with Gasteiger partial charge in [0.2, 0.25) is 5.91 Å². The first kappa shape index (κ1) is 16.5. The average molecular weight is 417 g/mol. The first-order chi connectivity index (χ1) is 12.3. The van der Waals surface area contributed by atoms with E-state index in [1.165, 1.54) is 19.3 Å². The van der Waals surface area contributed by atoms with Crippen LogP contribution in [0.15, 0.2) is 18.2 Å². The number of carbonyl (C=O) groups is 3. The molecule has 0 spiro atoms. The number of halogens is 1. The fourth-order valence-electron chi connectivity index (χ4n) is 6.48. The number of fused-ring (bicyclic) bond motifs is 1. The Bertz CT molecular complexity index is 851. The van der Waals surface area contributed by atoms with Crippen LogP contribution in [0.2, 0.25) is 0 Å². The lowest BCUT2D eigenvalue weighted by Crippen LogP contribution is -2.54. The molecule has 2 atom stereocenters. The van der Waals surface area contributed by atoms with E-state index in [0.29, 0.717) is 11.8 Å². The van der Waals surface area contributed by atoms with Crippen molar-refractivity contribution in [2.24, 2.45) is 17.3 Å². The van der Waals surface area contributed by atoms with Gasteiger partial charge in [0.05, 0.1) is 11.1 Å². The van der Waals surface area contributed by atoms with Crippen molar-refractivity contribution in [3.05, 3.63) is 29.3 Å². The van der Waals surface area contributed by atoms with Crippen LogP contribution in [0.3, 0.4) is 0 Å². The van der Waals surface area contributed by atoms with Crippen LogP contribution in [0.1, 0.15) is 65.7 Å². The second-order valence-electron chi connectivity index (χ2n) is 8.90. The van der Waals surface area contributed by atoms with E-state index in [0.717, 1.165) is 24.2 Å². The largest absolute Gasteiger partial charge is 0.398 e. The number of nitrogens with zero attached hydrogens (tertiary/aromatic N) is 1. The van der Waals surface area contributed by atoms with Crippen molar-refractivity contribution in [2.75, 3.05) is 5.73 Å². The van der Waals surface area contributed by atoms with Crippen molar-refractivity contribution in [2.45, 2.75) is 49.3 Å². The summed E-state index contributed by atoms with van der Waals surface area (Å²) in [5, 5.41) is 0. The predicted octanol–water partition coefficient (Wildman–Crippen LogP) is 3.52. The van der Waals surface area contributed by atoms with Crippen molar-refractivity contribution < 1.29 is 14.4 Å². The molecular weight excluding hydrogens is 396 g/mol. The summed E-state index contributed by atoms with van der Waals surface area (Å²) in [6.45, 7) is 0. The van der Waals surface area contributed by atoms with E-state index in [1.807, 2.05) is 0 Å². The summed E-state index contributed by atoms with van der Waals surface area (Å²) < 4.78 is 0.143. The van der Waals surface area contributed by atoms with E-state index in [2.05, 4.69) is 15.9 Å². The maximum absolute atomic E-state index is 13.1. The summed E-state index contributed by atoms with van der Waals surface area (Å²) in [5.74, 6) is -0.150. The molecule has 5 aliphatic rings. The topological polar surface area (TPSA) is 80.5 Å². The van der Waals surface area contributed by atoms with Gasteiger partial charge in [0.25, 0.3) is 11.8 Å². The third kappa shape index (κ3) is 2.24. The molecule has 4 fully saturated rings. The lowest BCUT2D eigenvalue weighted by atomic mass is 9.48. The van der Waals surface area contributed by atoms with Crippen LogP contribution >= 0.6 is 15.9 Å². The number of anilines is 1. The first-order valence-corrected chi connectivity index (χ1v) is 10.1. The first-order valence-electron chi connectivity index (χ1n) is 9.28. The van der Waals surface area contributed by atoms with Gasteiger partial charge in [-0.15, -0.1) is 0 Å². The zero-order valence-electron chi connectivity index (χ0n) is 14.5. The maximum atomic E-state index is 13.1. The van der Waals surface area contributed by atoms with Crippen molar-refractivity contribution in [1.82, 2.24) is 4.90 Å². The van der Waals surface area contributed by atoms with Crippen LogP contribution < -0.4 is 5.73 Å². The van der Waals surface area contributed by atoms with Gasteiger partial charge in [-0.25, -0.2) is 4.90 Å². The highest BCUT2D eigenvalue weighted by atomic mass is 79.9. The third-order valence-electron chi connectivity index (χ3n) is 6.83. The van der Waals surface area contributed by atoms with Gasteiger partial charge in [-0.1, -0.05) is 22.0 Å². The lowest BCUT2D eigenvalue weighted by molar-refractivity contribution is -0.133. The molecule has 1 aliphatic heterocycles. The van der Waals surface area contributed by atoms with Crippen LogP contribution in [0.25, 0.3) is 0 Å². The van der Waals surface area contributed by atoms with Crippen LogP contribution in [-0.2, 0) is 4.79 Å². The second-order valence-corrected chi connectivity index (χ2v) is 10.6. The number of nitrogens with two attached hydrogens (primary N) is 1. The molecule has 1 aromatic rings. The number of imide groups is 3. The maximum Gasteiger partial charge on any atom is 0.270 e. The molecule has 1 heterocycles. The SMILES string of the molecule is Nc1cccc2c1C(=O)N(C(=O)CC13CC4CC(CC(Br)(C4)C1)C3)C2=O. The van der Waals surface area contributed by atoms with E-state index in [4.69, 9.17) is 5.73 Å². The van der Waals surface area contributed by atoms with Crippen LogP contribution in [-0.4, -0.2) is 26.9 Å². The monoisotopic (exact) mass is 416 g/mol. The fourth-order valence-corrected chi connectivity index (χ4v) is 7.99. The number of benzene rings is 1.